The lowest BCUT2D eigenvalue weighted by molar-refractivity contribution is 0.0956. The molecular formula is C17H19N3O2. The Labute approximate surface area is 129 Å². The van der Waals surface area contributed by atoms with Crippen LogP contribution < -0.4 is 15.9 Å². The SMILES string of the molecule is CC(C)Oc1ccccc1/C=N/NC(=O)c1ccccc1N. The largest absolute Gasteiger partial charge is 0.490 e. The van der Waals surface area contributed by atoms with Crippen LogP contribution in [-0.2, 0) is 0 Å². The van der Waals surface area contributed by atoms with E-state index in [0.717, 1.165) is 11.3 Å². The molecule has 0 saturated heterocycles. The summed E-state index contributed by atoms with van der Waals surface area (Å²) in [6.45, 7) is 3.90. The van der Waals surface area contributed by atoms with Gasteiger partial charge in [0.1, 0.15) is 5.75 Å². The van der Waals surface area contributed by atoms with Gasteiger partial charge in [-0.15, -0.1) is 0 Å². The number of amides is 1. The Kier molecular flexibility index (Phi) is 5.14. The summed E-state index contributed by atoms with van der Waals surface area (Å²) in [4.78, 5) is 12.0. The predicted octanol–water partition coefficient (Wildman–Crippen LogP) is 2.82. The minimum absolute atomic E-state index is 0.0632. The molecule has 0 radical (unpaired) electrons. The predicted molar refractivity (Wildman–Crippen MR) is 88.1 cm³/mol. The van der Waals surface area contributed by atoms with E-state index in [1.54, 1.807) is 30.5 Å². The maximum Gasteiger partial charge on any atom is 0.273 e. The number of carbonyl (C=O) groups excluding carboxylic acids is 1. The molecule has 2 rings (SSSR count). The third-order valence-corrected chi connectivity index (χ3v) is 2.86. The van der Waals surface area contributed by atoms with Crippen LogP contribution in [0.2, 0.25) is 0 Å². The highest BCUT2D eigenvalue weighted by Gasteiger charge is 2.07. The van der Waals surface area contributed by atoms with E-state index in [4.69, 9.17) is 10.5 Å². The summed E-state index contributed by atoms with van der Waals surface area (Å²) < 4.78 is 5.68. The number of nitrogens with zero attached hydrogens (tertiary/aromatic N) is 1. The molecule has 0 bridgehead atoms. The van der Waals surface area contributed by atoms with Gasteiger partial charge in [0.25, 0.3) is 5.91 Å². The lowest BCUT2D eigenvalue weighted by Crippen LogP contribution is -2.19. The number of nitrogen functional groups attached to an aromatic ring is 1. The lowest BCUT2D eigenvalue weighted by Gasteiger charge is -2.11. The van der Waals surface area contributed by atoms with Crippen LogP contribution >= 0.6 is 0 Å². The summed E-state index contributed by atoms with van der Waals surface area (Å²) in [5.41, 5.74) is 9.81. The topological polar surface area (TPSA) is 76.7 Å². The number of hydrogen-bond acceptors (Lipinski definition) is 4. The fourth-order valence-corrected chi connectivity index (χ4v) is 1.87. The number of hydrazone groups is 1. The molecule has 3 N–H and O–H groups in total. The van der Waals surface area contributed by atoms with E-state index in [2.05, 4.69) is 10.5 Å². The van der Waals surface area contributed by atoms with Crippen LogP contribution in [0, 0.1) is 0 Å². The first-order valence-corrected chi connectivity index (χ1v) is 7.01. The molecule has 5 heteroatoms. The van der Waals surface area contributed by atoms with Crippen LogP contribution in [0.25, 0.3) is 0 Å². The minimum atomic E-state index is -0.350. The smallest absolute Gasteiger partial charge is 0.273 e. The monoisotopic (exact) mass is 297 g/mol. The van der Waals surface area contributed by atoms with Crippen molar-refractivity contribution in [3.63, 3.8) is 0 Å². The second-order valence-electron chi connectivity index (χ2n) is 4.99. The van der Waals surface area contributed by atoms with Crippen LogP contribution in [0.1, 0.15) is 29.8 Å². The second-order valence-corrected chi connectivity index (χ2v) is 4.99. The first kappa shape index (κ1) is 15.6. The van der Waals surface area contributed by atoms with Gasteiger partial charge in [-0.3, -0.25) is 4.79 Å². The second kappa shape index (κ2) is 7.26. The van der Waals surface area contributed by atoms with Crippen molar-refractivity contribution in [2.45, 2.75) is 20.0 Å². The molecule has 0 aliphatic heterocycles. The number of hydrogen-bond donors (Lipinski definition) is 2. The Bertz CT molecular complexity index is 681. The third-order valence-electron chi connectivity index (χ3n) is 2.86. The zero-order valence-electron chi connectivity index (χ0n) is 12.6. The van der Waals surface area contributed by atoms with Crippen LogP contribution in [0.15, 0.2) is 53.6 Å². The molecule has 22 heavy (non-hydrogen) atoms. The van der Waals surface area contributed by atoms with Crippen molar-refractivity contribution in [3.8, 4) is 5.75 Å². The molecule has 1 amide bonds. The van der Waals surface area contributed by atoms with Gasteiger partial charge >= 0.3 is 0 Å². The summed E-state index contributed by atoms with van der Waals surface area (Å²) in [6, 6.07) is 14.3. The average molecular weight is 297 g/mol. The number of nitrogens with one attached hydrogen (secondary N) is 1. The normalized spacial score (nSPS) is 10.9. The van der Waals surface area contributed by atoms with Gasteiger partial charge in [0.15, 0.2) is 0 Å². The molecular weight excluding hydrogens is 278 g/mol. The first-order valence-electron chi connectivity index (χ1n) is 7.01. The van der Waals surface area contributed by atoms with Crippen LogP contribution in [0.5, 0.6) is 5.75 Å². The van der Waals surface area contributed by atoms with Crippen molar-refractivity contribution in [1.29, 1.82) is 0 Å². The van der Waals surface area contributed by atoms with E-state index in [1.807, 2.05) is 38.1 Å². The van der Waals surface area contributed by atoms with Gasteiger partial charge in [-0.1, -0.05) is 24.3 Å². The van der Waals surface area contributed by atoms with Gasteiger partial charge in [0.05, 0.1) is 17.9 Å². The van der Waals surface area contributed by atoms with Gasteiger partial charge in [-0.05, 0) is 38.1 Å². The molecule has 2 aromatic carbocycles. The van der Waals surface area contributed by atoms with E-state index in [9.17, 15) is 4.79 Å². The summed E-state index contributed by atoms with van der Waals surface area (Å²) >= 11 is 0. The Morgan fingerprint density at radius 1 is 1.18 bits per heavy atom. The first-order chi connectivity index (χ1) is 10.6. The van der Waals surface area contributed by atoms with Crippen molar-refractivity contribution in [2.24, 2.45) is 5.10 Å². The Morgan fingerprint density at radius 3 is 2.59 bits per heavy atom. The van der Waals surface area contributed by atoms with Gasteiger partial charge in [0, 0.05) is 11.3 Å². The highest BCUT2D eigenvalue weighted by molar-refractivity contribution is 5.99. The fourth-order valence-electron chi connectivity index (χ4n) is 1.87. The highest BCUT2D eigenvalue weighted by atomic mass is 16.5. The molecule has 0 atom stereocenters. The van der Waals surface area contributed by atoms with Crippen molar-refractivity contribution in [2.75, 3.05) is 5.73 Å². The standard InChI is InChI=1S/C17H19N3O2/c1-12(2)22-16-10-6-3-7-13(16)11-19-20-17(21)14-8-4-5-9-15(14)18/h3-12H,18H2,1-2H3,(H,20,21)/b19-11+. The van der Waals surface area contributed by atoms with Gasteiger partial charge in [-0.2, -0.15) is 5.10 Å². The number of ether oxygens (including phenoxy) is 1. The van der Waals surface area contributed by atoms with E-state index in [0.29, 0.717) is 11.3 Å². The van der Waals surface area contributed by atoms with Gasteiger partial charge in [0.2, 0.25) is 0 Å². The maximum atomic E-state index is 12.0. The summed E-state index contributed by atoms with van der Waals surface area (Å²) in [5.74, 6) is 0.367. The van der Waals surface area contributed by atoms with Crippen LogP contribution in [0.3, 0.4) is 0 Å². The van der Waals surface area contributed by atoms with Crippen LogP contribution in [0.4, 0.5) is 5.69 Å². The molecule has 0 aromatic heterocycles. The Balaban J connectivity index is 2.07. The molecule has 0 unspecified atom stereocenters. The van der Waals surface area contributed by atoms with E-state index in [1.165, 1.54) is 0 Å². The number of anilines is 1. The zero-order valence-corrected chi connectivity index (χ0v) is 12.6. The molecule has 0 fully saturated rings. The molecule has 0 saturated carbocycles. The Morgan fingerprint density at radius 2 is 1.86 bits per heavy atom. The van der Waals surface area contributed by atoms with Crippen molar-refractivity contribution >= 4 is 17.8 Å². The van der Waals surface area contributed by atoms with E-state index in [-0.39, 0.29) is 12.0 Å². The lowest BCUT2D eigenvalue weighted by atomic mass is 10.2. The molecule has 114 valence electrons. The van der Waals surface area contributed by atoms with Crippen molar-refractivity contribution in [1.82, 2.24) is 5.43 Å². The Hall–Kier alpha value is -2.82. The molecule has 0 heterocycles. The summed E-state index contributed by atoms with van der Waals surface area (Å²) in [7, 11) is 0. The molecule has 2 aromatic rings. The quantitative estimate of drug-likeness (QED) is 0.506. The van der Waals surface area contributed by atoms with Crippen molar-refractivity contribution in [3.05, 3.63) is 59.7 Å². The van der Waals surface area contributed by atoms with Gasteiger partial charge in [-0.25, -0.2) is 5.43 Å². The maximum absolute atomic E-state index is 12.0. The molecule has 5 nitrogen and oxygen atoms in total. The number of nitrogens with two attached hydrogens (primary N) is 1. The minimum Gasteiger partial charge on any atom is -0.490 e. The number of para-hydroxylation sites is 2. The number of carbonyl (C=O) groups is 1. The molecule has 0 aliphatic rings. The van der Waals surface area contributed by atoms with Crippen molar-refractivity contribution < 1.29 is 9.53 Å². The zero-order chi connectivity index (χ0) is 15.9. The van der Waals surface area contributed by atoms with E-state index < -0.39 is 0 Å². The molecule has 0 spiro atoms. The van der Waals surface area contributed by atoms with E-state index >= 15 is 0 Å². The molecule has 0 aliphatic carbocycles. The highest BCUT2D eigenvalue weighted by Crippen LogP contribution is 2.17. The summed E-state index contributed by atoms with van der Waals surface area (Å²) in [6.07, 6.45) is 1.61. The average Bonchev–Trinajstić information content (AvgIpc) is 2.49. The van der Waals surface area contributed by atoms with Gasteiger partial charge < -0.3 is 10.5 Å². The fraction of sp³-hybridized carbons (Fsp3) is 0.176. The third kappa shape index (κ3) is 4.09. The summed E-state index contributed by atoms with van der Waals surface area (Å²) in [5, 5.41) is 3.97. The number of benzene rings is 2. The number of rotatable bonds is 5. The van der Waals surface area contributed by atoms with Crippen LogP contribution in [-0.4, -0.2) is 18.2 Å².